The number of anilines is 3. The molecule has 1 aromatic rings. The number of nitrogens with two attached hydrogens (primary N) is 4. The van der Waals surface area contributed by atoms with Gasteiger partial charge in [-0.15, -0.1) is 0 Å². The highest BCUT2D eigenvalue weighted by molar-refractivity contribution is 5.94. The first-order chi connectivity index (χ1) is 10.3. The number of carbonyl (C=O) groups excluding carboxylic acids is 2. The third-order valence-electron chi connectivity index (χ3n) is 2.82. The second-order valence-corrected chi connectivity index (χ2v) is 4.52. The highest BCUT2D eigenvalue weighted by atomic mass is 16.2. The minimum atomic E-state index is -1.05. The summed E-state index contributed by atoms with van der Waals surface area (Å²) in [4.78, 5) is 30.4. The largest absolute Gasteiger partial charge is 0.351 e. The van der Waals surface area contributed by atoms with E-state index in [9.17, 15) is 14.9 Å². The molecule has 0 saturated heterocycles. The molecule has 0 bridgehead atoms. The number of hydrogen-bond donors (Lipinski definition) is 5. The second-order valence-electron chi connectivity index (χ2n) is 4.52. The van der Waals surface area contributed by atoms with Gasteiger partial charge in [0.25, 0.3) is 0 Å². The minimum Gasteiger partial charge on any atom is -0.351 e. The molecule has 1 aliphatic carbocycles. The second kappa shape index (κ2) is 5.68. The molecular formula is C10H14N10O2. The van der Waals surface area contributed by atoms with Gasteiger partial charge >= 0.3 is 12.1 Å². The zero-order chi connectivity index (χ0) is 16.4. The van der Waals surface area contributed by atoms with Crippen LogP contribution in [0.15, 0.2) is 0 Å². The quantitative estimate of drug-likeness (QED) is 0.249. The lowest BCUT2D eigenvalue weighted by Gasteiger charge is -2.20. The van der Waals surface area contributed by atoms with Crippen LogP contribution in [0.1, 0.15) is 18.4 Å². The molecule has 22 heavy (non-hydrogen) atoms. The Morgan fingerprint density at radius 3 is 1.91 bits per heavy atom. The Hall–Kier alpha value is -3.17. The first kappa shape index (κ1) is 15.2. The summed E-state index contributed by atoms with van der Waals surface area (Å²) < 4.78 is 0. The van der Waals surface area contributed by atoms with Crippen molar-refractivity contribution in [1.29, 1.82) is 5.26 Å². The molecule has 0 spiro atoms. The van der Waals surface area contributed by atoms with Gasteiger partial charge in [0.1, 0.15) is 11.6 Å². The number of nitrogens with one attached hydrogen (secondary N) is 1. The third kappa shape index (κ3) is 2.95. The van der Waals surface area contributed by atoms with E-state index >= 15 is 0 Å². The lowest BCUT2D eigenvalue weighted by Crippen LogP contribution is -2.45. The highest BCUT2D eigenvalue weighted by Gasteiger charge is 2.27. The third-order valence-corrected chi connectivity index (χ3v) is 2.82. The van der Waals surface area contributed by atoms with Gasteiger partial charge in [-0.2, -0.15) is 15.2 Å². The Balaban J connectivity index is 2.58. The Labute approximate surface area is 124 Å². The predicted molar refractivity (Wildman–Crippen MR) is 75.9 cm³/mol. The number of nitriles is 1. The van der Waals surface area contributed by atoms with E-state index in [1.165, 1.54) is 0 Å². The standard InChI is InChI=1S/C10H14N10O2/c11-3-5-6(19(14)8(12)21)17-10(16-4-1-2-4)18-7(5)20(15)9(13)22/h4H,1-2,14-15H2,(H2,12,21)(H2,13,22)(H,16,17,18). The van der Waals surface area contributed by atoms with Gasteiger partial charge in [0, 0.05) is 6.04 Å². The predicted octanol–water partition coefficient (Wildman–Crippen LogP) is -1.56. The van der Waals surface area contributed by atoms with Crippen LogP contribution in [0.2, 0.25) is 0 Å². The molecule has 0 atom stereocenters. The van der Waals surface area contributed by atoms with Crippen molar-refractivity contribution in [3.05, 3.63) is 5.56 Å². The zero-order valence-corrected chi connectivity index (χ0v) is 11.4. The van der Waals surface area contributed by atoms with Crippen molar-refractivity contribution in [1.82, 2.24) is 9.97 Å². The Bertz CT molecular complexity index is 623. The summed E-state index contributed by atoms with van der Waals surface area (Å²) in [6.07, 6.45) is 1.83. The van der Waals surface area contributed by atoms with Crippen molar-refractivity contribution < 1.29 is 9.59 Å². The van der Waals surface area contributed by atoms with E-state index in [0.29, 0.717) is 10.0 Å². The van der Waals surface area contributed by atoms with Crippen LogP contribution in [0.3, 0.4) is 0 Å². The number of primary amides is 2. The van der Waals surface area contributed by atoms with E-state index in [0.717, 1.165) is 12.8 Å². The lowest BCUT2D eigenvalue weighted by molar-refractivity contribution is 0.253. The molecule has 1 aliphatic rings. The topological polar surface area (TPSA) is 206 Å². The van der Waals surface area contributed by atoms with Crippen LogP contribution in [-0.2, 0) is 0 Å². The molecule has 0 radical (unpaired) electrons. The van der Waals surface area contributed by atoms with Gasteiger partial charge in [-0.3, -0.25) is 0 Å². The van der Waals surface area contributed by atoms with Crippen LogP contribution in [0.4, 0.5) is 27.2 Å². The minimum absolute atomic E-state index is 0.0416. The Morgan fingerprint density at radius 2 is 1.59 bits per heavy atom. The van der Waals surface area contributed by atoms with Gasteiger partial charge in [0.05, 0.1) is 0 Å². The summed E-state index contributed by atoms with van der Waals surface area (Å²) in [5.74, 6) is 10.4. The lowest BCUT2D eigenvalue weighted by atomic mass is 10.3. The Kier molecular flexibility index (Phi) is 3.93. The van der Waals surface area contributed by atoms with Gasteiger partial charge in [0.15, 0.2) is 11.6 Å². The monoisotopic (exact) mass is 306 g/mol. The SMILES string of the molecule is N#Cc1c(N(N)C(N)=O)nc(NC2CC2)nc1N(N)C(N)=O. The first-order valence-electron chi connectivity index (χ1n) is 6.12. The van der Waals surface area contributed by atoms with Crippen LogP contribution in [0.5, 0.6) is 0 Å². The van der Waals surface area contributed by atoms with E-state index < -0.39 is 12.1 Å². The maximum absolute atomic E-state index is 11.2. The number of hydrazine groups is 2. The number of nitrogens with zero attached hydrogens (tertiary/aromatic N) is 5. The first-order valence-corrected chi connectivity index (χ1v) is 6.12. The van der Waals surface area contributed by atoms with Crippen LogP contribution >= 0.6 is 0 Å². The fourth-order valence-electron chi connectivity index (χ4n) is 1.57. The molecule has 12 nitrogen and oxygen atoms in total. The van der Waals surface area contributed by atoms with Crippen molar-refractivity contribution in [2.75, 3.05) is 15.3 Å². The van der Waals surface area contributed by atoms with Crippen molar-refractivity contribution in [2.24, 2.45) is 23.2 Å². The van der Waals surface area contributed by atoms with E-state index in [2.05, 4.69) is 15.3 Å². The molecule has 0 aliphatic heterocycles. The average molecular weight is 306 g/mol. The van der Waals surface area contributed by atoms with Crippen LogP contribution in [-0.4, -0.2) is 28.1 Å². The van der Waals surface area contributed by atoms with Crippen molar-refractivity contribution in [2.45, 2.75) is 18.9 Å². The number of aromatic nitrogens is 2. The molecular weight excluding hydrogens is 292 g/mol. The maximum Gasteiger partial charge on any atom is 0.335 e. The van der Waals surface area contributed by atoms with Crippen molar-refractivity contribution in [3.8, 4) is 6.07 Å². The van der Waals surface area contributed by atoms with Crippen LogP contribution < -0.4 is 38.5 Å². The normalized spacial score (nSPS) is 13.1. The molecule has 2 rings (SSSR count). The van der Waals surface area contributed by atoms with Crippen molar-refractivity contribution >= 4 is 29.6 Å². The van der Waals surface area contributed by atoms with Crippen LogP contribution in [0, 0.1) is 11.3 Å². The number of amides is 4. The average Bonchev–Trinajstić information content (AvgIpc) is 3.28. The summed E-state index contributed by atoms with van der Waals surface area (Å²) in [6, 6.07) is -0.228. The van der Waals surface area contributed by atoms with Gasteiger partial charge in [-0.05, 0) is 12.8 Å². The number of carbonyl (C=O) groups is 2. The summed E-state index contributed by atoms with van der Waals surface area (Å²) in [7, 11) is 0. The number of hydrogen-bond acceptors (Lipinski definition) is 8. The molecule has 12 heteroatoms. The van der Waals surface area contributed by atoms with Gasteiger partial charge in [0.2, 0.25) is 5.95 Å². The fourth-order valence-corrected chi connectivity index (χ4v) is 1.57. The molecule has 1 aromatic heterocycles. The molecule has 4 amide bonds. The van der Waals surface area contributed by atoms with Gasteiger partial charge in [-0.25, -0.2) is 31.3 Å². The van der Waals surface area contributed by atoms with Gasteiger partial charge < -0.3 is 16.8 Å². The molecule has 1 fully saturated rings. The smallest absolute Gasteiger partial charge is 0.335 e. The summed E-state index contributed by atoms with van der Waals surface area (Å²) in [6.45, 7) is 0. The molecule has 0 unspecified atom stereocenters. The van der Waals surface area contributed by atoms with Crippen molar-refractivity contribution in [3.63, 3.8) is 0 Å². The summed E-state index contributed by atoms with van der Waals surface area (Å²) in [5.41, 5.74) is 9.84. The van der Waals surface area contributed by atoms with E-state index in [4.69, 9.17) is 23.2 Å². The van der Waals surface area contributed by atoms with Crippen LogP contribution in [0.25, 0.3) is 0 Å². The summed E-state index contributed by atoms with van der Waals surface area (Å²) >= 11 is 0. The maximum atomic E-state index is 11.2. The summed E-state index contributed by atoms with van der Waals surface area (Å²) in [5, 5.41) is 13.1. The molecule has 116 valence electrons. The molecule has 1 heterocycles. The number of rotatable bonds is 4. The Morgan fingerprint density at radius 1 is 1.14 bits per heavy atom. The van der Waals surface area contributed by atoms with E-state index in [-0.39, 0.29) is 29.2 Å². The fraction of sp³-hybridized carbons (Fsp3) is 0.300. The number of urea groups is 2. The molecule has 0 aromatic carbocycles. The highest BCUT2D eigenvalue weighted by Crippen LogP contribution is 2.29. The molecule has 9 N–H and O–H groups in total. The van der Waals surface area contributed by atoms with Gasteiger partial charge in [-0.1, -0.05) is 0 Å². The van der Waals surface area contributed by atoms with E-state index in [1.807, 2.05) is 0 Å². The molecule has 1 saturated carbocycles. The zero-order valence-electron chi connectivity index (χ0n) is 11.4. The van der Waals surface area contributed by atoms with E-state index in [1.54, 1.807) is 6.07 Å².